The molecule has 0 spiro atoms. The van der Waals surface area contributed by atoms with Gasteiger partial charge in [0.2, 0.25) is 21.7 Å². The van der Waals surface area contributed by atoms with Crippen LogP contribution < -0.4 is 15.4 Å². The number of ether oxygens (including phenoxy) is 2. The molecule has 14 nitrogen and oxygen atoms in total. The highest BCUT2D eigenvalue weighted by Crippen LogP contribution is 2.25. The lowest BCUT2D eigenvalue weighted by atomic mass is 9.92. The van der Waals surface area contributed by atoms with E-state index >= 15 is 0 Å². The van der Waals surface area contributed by atoms with E-state index in [9.17, 15) is 38.1 Å². The predicted molar refractivity (Wildman–Crippen MR) is 114 cm³/mol. The number of carbonyl (C=O) groups is 3. The molecule has 0 fully saturated rings. The molecule has 1 aromatic carbocycles. The molecule has 0 aliphatic carbocycles. The fraction of sp³-hybridized carbons (Fsp3) is 0.421. The lowest BCUT2D eigenvalue weighted by molar-refractivity contribution is -0.146. The summed E-state index contributed by atoms with van der Waals surface area (Å²) in [7, 11) is -3.18. The van der Waals surface area contributed by atoms with Crippen LogP contribution in [0.25, 0.3) is 0 Å². The van der Waals surface area contributed by atoms with Gasteiger partial charge in [-0.25, -0.2) is 22.7 Å². The van der Waals surface area contributed by atoms with Crippen molar-refractivity contribution < 1.29 is 52.7 Å². The molecule has 0 bridgehead atoms. The Morgan fingerprint density at radius 3 is 2.29 bits per heavy atom. The van der Waals surface area contributed by atoms with Gasteiger partial charge in [-0.2, -0.15) is 0 Å². The maximum Gasteiger partial charge on any atom is 0.411 e. The minimum Gasteiger partial charge on any atom is -0.478 e. The third kappa shape index (κ3) is 6.64. The maximum absolute atomic E-state index is 13.0. The van der Waals surface area contributed by atoms with Gasteiger partial charge in [-0.05, 0) is 30.3 Å². The second-order valence-corrected chi connectivity index (χ2v) is 8.89. The normalized spacial score (nSPS) is 21.9. The van der Waals surface area contributed by atoms with Crippen LogP contribution in [0.15, 0.2) is 41.0 Å². The number of nitrogens with one attached hydrogen (secondary N) is 3. The quantitative estimate of drug-likeness (QED) is 0.197. The Morgan fingerprint density at radius 1 is 1.18 bits per heavy atom. The van der Waals surface area contributed by atoms with Gasteiger partial charge in [-0.15, -0.1) is 0 Å². The zero-order chi connectivity index (χ0) is 25.6. The second kappa shape index (κ2) is 11.3. The molecular weight excluding hydrogens is 478 g/mol. The highest BCUT2D eigenvalue weighted by atomic mass is 32.2. The van der Waals surface area contributed by atoms with Gasteiger partial charge >= 0.3 is 12.1 Å². The van der Waals surface area contributed by atoms with Crippen LogP contribution >= 0.6 is 0 Å². The summed E-state index contributed by atoms with van der Waals surface area (Å²) in [6.45, 7) is 0.184. The molecular formula is C19H25N3O11S. The molecule has 1 aliphatic rings. The van der Waals surface area contributed by atoms with Crippen molar-refractivity contribution in [1.82, 2.24) is 10.0 Å². The van der Waals surface area contributed by atoms with Gasteiger partial charge in [0.15, 0.2) is 0 Å². The third-order valence-corrected chi connectivity index (χ3v) is 6.20. The van der Waals surface area contributed by atoms with Crippen LogP contribution in [0.5, 0.6) is 0 Å². The average Bonchev–Trinajstić information content (AvgIpc) is 2.78. The van der Waals surface area contributed by atoms with Crippen LogP contribution in [0.4, 0.5) is 10.5 Å². The van der Waals surface area contributed by atoms with Gasteiger partial charge in [-0.3, -0.25) is 10.1 Å². The first-order valence-electron chi connectivity index (χ1n) is 9.72. The molecule has 1 heterocycles. The number of aliphatic hydroxyl groups is 3. The SMILES string of the molecule is COC(=O)Nc1ccc(S(=O)(=O)N[C@H]2C=C(C(=O)O)O[C@@H]([C@H](O)[C@H](O)CO)[C@@H]2NC(C)=O)cc1. The van der Waals surface area contributed by atoms with Gasteiger partial charge in [0.25, 0.3) is 0 Å². The van der Waals surface area contributed by atoms with Crippen molar-refractivity contribution in [1.29, 1.82) is 0 Å². The summed E-state index contributed by atoms with van der Waals surface area (Å²) in [5.74, 6) is -3.01. The number of carboxylic acids is 1. The van der Waals surface area contributed by atoms with Crippen LogP contribution in [0.2, 0.25) is 0 Å². The molecule has 188 valence electrons. The molecule has 0 radical (unpaired) electrons. The Kier molecular flexibility index (Phi) is 8.94. The molecule has 1 aromatic rings. The van der Waals surface area contributed by atoms with Crippen molar-refractivity contribution in [2.24, 2.45) is 0 Å². The zero-order valence-corrected chi connectivity index (χ0v) is 18.9. The molecule has 5 atom stereocenters. The standard InChI is InChI=1S/C19H25N3O11S/c1-9(24)20-15-12(7-14(18(27)28)33-17(15)16(26)13(25)8-23)22-34(30,31)11-5-3-10(4-6-11)21-19(29)32-2/h3-7,12-13,15-17,22-23,25-26H,8H2,1-2H3,(H,20,24)(H,21,29)(H,27,28)/t12-,13+,15+,16+,17+/m0/s1. The van der Waals surface area contributed by atoms with Crippen LogP contribution in [0.1, 0.15) is 6.92 Å². The molecule has 0 unspecified atom stereocenters. The van der Waals surface area contributed by atoms with E-state index in [-0.39, 0.29) is 10.6 Å². The van der Waals surface area contributed by atoms with Gasteiger partial charge in [0, 0.05) is 12.6 Å². The molecule has 34 heavy (non-hydrogen) atoms. The van der Waals surface area contributed by atoms with Gasteiger partial charge in [0.05, 0.1) is 30.7 Å². The number of anilines is 1. The Labute approximate surface area is 194 Å². The summed E-state index contributed by atoms with van der Waals surface area (Å²) in [6.07, 6.45) is -5.18. The number of hydrogen-bond donors (Lipinski definition) is 7. The Balaban J connectivity index is 2.41. The lowest BCUT2D eigenvalue weighted by Crippen LogP contribution is -2.63. The minimum absolute atomic E-state index is 0.238. The van der Waals surface area contributed by atoms with E-state index in [4.69, 9.17) is 9.84 Å². The number of benzene rings is 1. The smallest absolute Gasteiger partial charge is 0.411 e. The number of aliphatic carboxylic acids is 1. The molecule has 0 aromatic heterocycles. The fourth-order valence-corrected chi connectivity index (χ4v) is 4.31. The monoisotopic (exact) mass is 503 g/mol. The number of aliphatic hydroxyl groups excluding tert-OH is 3. The fourth-order valence-electron chi connectivity index (χ4n) is 3.11. The summed E-state index contributed by atoms with van der Waals surface area (Å²) >= 11 is 0. The molecule has 2 amide bonds. The maximum atomic E-state index is 13.0. The summed E-state index contributed by atoms with van der Waals surface area (Å²) in [6, 6.07) is 2.07. The number of sulfonamides is 1. The van der Waals surface area contributed by atoms with Crippen LogP contribution in [-0.4, -0.2) is 90.9 Å². The van der Waals surface area contributed by atoms with E-state index in [1.807, 2.05) is 0 Å². The number of amides is 2. The van der Waals surface area contributed by atoms with Crippen molar-refractivity contribution >= 4 is 33.7 Å². The van der Waals surface area contributed by atoms with E-state index in [0.29, 0.717) is 0 Å². The second-order valence-electron chi connectivity index (χ2n) is 7.17. The predicted octanol–water partition coefficient (Wildman–Crippen LogP) is -1.90. The summed E-state index contributed by atoms with van der Waals surface area (Å²) in [5, 5.41) is 43.4. The van der Waals surface area contributed by atoms with Crippen molar-refractivity contribution in [3.63, 3.8) is 0 Å². The highest BCUT2D eigenvalue weighted by Gasteiger charge is 2.44. The first-order valence-corrected chi connectivity index (χ1v) is 11.2. The Bertz CT molecular complexity index is 1040. The van der Waals surface area contributed by atoms with Crippen LogP contribution in [-0.2, 0) is 29.1 Å². The first kappa shape index (κ1) is 27.0. The Hall–Kier alpha value is -3.24. The topological polar surface area (TPSA) is 221 Å². The zero-order valence-electron chi connectivity index (χ0n) is 18.0. The van der Waals surface area contributed by atoms with E-state index in [1.165, 1.54) is 12.1 Å². The highest BCUT2D eigenvalue weighted by molar-refractivity contribution is 7.89. The molecule has 0 saturated carbocycles. The van der Waals surface area contributed by atoms with Crippen molar-refractivity contribution in [2.75, 3.05) is 19.0 Å². The number of methoxy groups -OCH3 is 1. The number of rotatable bonds is 9. The number of carbonyl (C=O) groups excluding carboxylic acids is 2. The molecule has 0 saturated heterocycles. The van der Waals surface area contributed by atoms with Crippen molar-refractivity contribution in [3.05, 3.63) is 36.1 Å². The van der Waals surface area contributed by atoms with Gasteiger partial charge < -0.3 is 35.2 Å². The van der Waals surface area contributed by atoms with E-state index < -0.39 is 70.8 Å². The number of hydrogen-bond acceptors (Lipinski definition) is 10. The molecule has 1 aliphatic heterocycles. The number of carboxylic acid groups (broad SMARTS) is 1. The van der Waals surface area contributed by atoms with E-state index in [1.54, 1.807) is 0 Å². The summed E-state index contributed by atoms with van der Waals surface area (Å²) in [5.41, 5.74) is 0.238. The van der Waals surface area contributed by atoms with Crippen molar-refractivity contribution in [3.8, 4) is 0 Å². The van der Waals surface area contributed by atoms with Gasteiger partial charge in [-0.1, -0.05) is 0 Å². The Morgan fingerprint density at radius 2 is 1.79 bits per heavy atom. The molecule has 15 heteroatoms. The van der Waals surface area contributed by atoms with Gasteiger partial charge in [0.1, 0.15) is 18.3 Å². The summed E-state index contributed by atoms with van der Waals surface area (Å²) < 4.78 is 37.8. The average molecular weight is 503 g/mol. The first-order chi connectivity index (χ1) is 15.9. The molecule has 7 N–H and O–H groups in total. The van der Waals surface area contributed by atoms with Crippen molar-refractivity contribution in [2.45, 2.75) is 42.2 Å². The third-order valence-electron chi connectivity index (χ3n) is 4.72. The minimum atomic E-state index is -4.34. The largest absolute Gasteiger partial charge is 0.478 e. The van der Waals surface area contributed by atoms with E-state index in [0.717, 1.165) is 32.2 Å². The van der Waals surface area contributed by atoms with Crippen LogP contribution in [0, 0.1) is 0 Å². The molecule has 2 rings (SSSR count). The summed E-state index contributed by atoms with van der Waals surface area (Å²) in [4.78, 5) is 34.3. The lowest BCUT2D eigenvalue weighted by Gasteiger charge is -2.39. The van der Waals surface area contributed by atoms with Crippen LogP contribution in [0.3, 0.4) is 0 Å². The van der Waals surface area contributed by atoms with E-state index in [2.05, 4.69) is 20.1 Å².